The fraction of sp³-hybridized carbons (Fsp3) is 0.278. The first-order valence-electron chi connectivity index (χ1n) is 7.29. The normalized spacial score (nSPS) is 13.1. The van der Waals surface area contributed by atoms with Crippen LogP contribution >= 0.6 is 11.6 Å². The van der Waals surface area contributed by atoms with Gasteiger partial charge in [-0.3, -0.25) is 4.79 Å². The van der Waals surface area contributed by atoms with E-state index < -0.39 is 0 Å². The molecular formula is C18H18ClNO2. The van der Waals surface area contributed by atoms with Crippen molar-refractivity contribution in [2.45, 2.75) is 19.3 Å². The van der Waals surface area contributed by atoms with Crippen molar-refractivity contribution >= 4 is 28.9 Å². The highest BCUT2D eigenvalue weighted by molar-refractivity contribution is 6.30. The lowest BCUT2D eigenvalue weighted by Crippen LogP contribution is -2.12. The number of benzene rings is 2. The standard InChI is InChI=1S/C18H18ClNO2/c1-20-16-9-12(10-18(21)22-2)3-4-13(16)5-6-14-7-8-15(19)11-17(14)20/h3-4,7-9,11H,5-6,10H2,1-2H3. The molecule has 22 heavy (non-hydrogen) atoms. The molecule has 114 valence electrons. The molecule has 0 amide bonds. The van der Waals surface area contributed by atoms with E-state index in [4.69, 9.17) is 16.3 Å². The summed E-state index contributed by atoms with van der Waals surface area (Å²) in [6, 6.07) is 12.2. The number of carbonyl (C=O) groups is 1. The van der Waals surface area contributed by atoms with Crippen LogP contribution < -0.4 is 4.90 Å². The first-order valence-corrected chi connectivity index (χ1v) is 7.67. The Morgan fingerprint density at radius 3 is 2.45 bits per heavy atom. The van der Waals surface area contributed by atoms with Crippen molar-refractivity contribution in [2.75, 3.05) is 19.1 Å². The highest BCUT2D eigenvalue weighted by Gasteiger charge is 2.19. The van der Waals surface area contributed by atoms with Crippen LogP contribution in [0.25, 0.3) is 0 Å². The minimum Gasteiger partial charge on any atom is -0.469 e. The molecule has 2 aromatic carbocycles. The Hall–Kier alpha value is -2.00. The van der Waals surface area contributed by atoms with Gasteiger partial charge in [0.1, 0.15) is 0 Å². The fourth-order valence-corrected chi connectivity index (χ4v) is 3.11. The number of carbonyl (C=O) groups excluding carboxylic acids is 1. The quantitative estimate of drug-likeness (QED) is 0.787. The van der Waals surface area contributed by atoms with E-state index in [1.54, 1.807) is 0 Å². The number of hydrogen-bond donors (Lipinski definition) is 0. The van der Waals surface area contributed by atoms with Crippen molar-refractivity contribution in [2.24, 2.45) is 0 Å². The van der Waals surface area contributed by atoms with Crippen LogP contribution in [0.2, 0.25) is 5.02 Å². The summed E-state index contributed by atoms with van der Waals surface area (Å²) >= 11 is 6.15. The summed E-state index contributed by atoms with van der Waals surface area (Å²) in [4.78, 5) is 13.6. The van der Waals surface area contributed by atoms with E-state index in [1.165, 1.54) is 18.2 Å². The second-order valence-corrected chi connectivity index (χ2v) is 5.98. The van der Waals surface area contributed by atoms with Gasteiger partial charge in [0, 0.05) is 23.4 Å². The second kappa shape index (κ2) is 6.01. The average molecular weight is 316 g/mol. The second-order valence-electron chi connectivity index (χ2n) is 5.55. The van der Waals surface area contributed by atoms with Gasteiger partial charge in [-0.25, -0.2) is 0 Å². The van der Waals surface area contributed by atoms with Gasteiger partial charge in [-0.15, -0.1) is 0 Å². The minimum atomic E-state index is -0.223. The molecular weight excluding hydrogens is 298 g/mol. The molecule has 0 aromatic heterocycles. The highest BCUT2D eigenvalue weighted by atomic mass is 35.5. The number of aryl methyl sites for hydroxylation is 2. The maximum absolute atomic E-state index is 11.5. The lowest BCUT2D eigenvalue weighted by atomic mass is 10.0. The molecule has 0 bridgehead atoms. The Balaban J connectivity index is 2.02. The van der Waals surface area contributed by atoms with E-state index in [0.29, 0.717) is 6.42 Å². The monoisotopic (exact) mass is 315 g/mol. The van der Waals surface area contributed by atoms with Crippen LogP contribution in [0.4, 0.5) is 11.4 Å². The van der Waals surface area contributed by atoms with Crippen molar-refractivity contribution < 1.29 is 9.53 Å². The number of rotatable bonds is 2. The predicted molar refractivity (Wildman–Crippen MR) is 89.1 cm³/mol. The molecule has 0 spiro atoms. The Bertz CT molecular complexity index is 727. The molecule has 0 N–H and O–H groups in total. The summed E-state index contributed by atoms with van der Waals surface area (Å²) < 4.78 is 4.75. The van der Waals surface area contributed by atoms with Gasteiger partial charge < -0.3 is 9.64 Å². The van der Waals surface area contributed by atoms with Crippen molar-refractivity contribution in [3.63, 3.8) is 0 Å². The third-order valence-corrected chi connectivity index (χ3v) is 4.39. The van der Waals surface area contributed by atoms with E-state index >= 15 is 0 Å². The van der Waals surface area contributed by atoms with Gasteiger partial charge >= 0.3 is 5.97 Å². The zero-order valence-corrected chi connectivity index (χ0v) is 13.5. The largest absolute Gasteiger partial charge is 0.469 e. The number of anilines is 2. The molecule has 3 rings (SSSR count). The summed E-state index contributed by atoms with van der Waals surface area (Å²) in [6.45, 7) is 0. The van der Waals surface area contributed by atoms with Crippen molar-refractivity contribution in [1.29, 1.82) is 0 Å². The number of esters is 1. The maximum Gasteiger partial charge on any atom is 0.309 e. The summed E-state index contributed by atoms with van der Waals surface area (Å²) in [5, 5.41) is 0.736. The third kappa shape index (κ3) is 2.81. The van der Waals surface area contributed by atoms with Gasteiger partial charge in [0.15, 0.2) is 0 Å². The van der Waals surface area contributed by atoms with Gasteiger partial charge in [0.2, 0.25) is 0 Å². The number of methoxy groups -OCH3 is 1. The number of ether oxygens (including phenoxy) is 1. The highest BCUT2D eigenvalue weighted by Crippen LogP contribution is 2.36. The number of fused-ring (bicyclic) bond motifs is 2. The Morgan fingerprint density at radius 1 is 1.14 bits per heavy atom. The molecule has 0 saturated carbocycles. The topological polar surface area (TPSA) is 29.5 Å². The van der Waals surface area contributed by atoms with E-state index in [-0.39, 0.29) is 5.97 Å². The molecule has 3 nitrogen and oxygen atoms in total. The fourth-order valence-electron chi connectivity index (χ4n) is 2.94. The Labute approximate surface area is 135 Å². The summed E-state index contributed by atoms with van der Waals surface area (Å²) in [7, 11) is 3.46. The molecule has 0 aliphatic carbocycles. The molecule has 4 heteroatoms. The first kappa shape index (κ1) is 14.9. The molecule has 0 saturated heterocycles. The Kier molecular flexibility index (Phi) is 4.08. The maximum atomic E-state index is 11.5. The number of hydrogen-bond acceptors (Lipinski definition) is 3. The van der Waals surface area contributed by atoms with E-state index in [1.807, 2.05) is 25.2 Å². The van der Waals surface area contributed by atoms with Crippen LogP contribution in [-0.2, 0) is 28.8 Å². The molecule has 2 aromatic rings. The Morgan fingerprint density at radius 2 is 1.77 bits per heavy atom. The SMILES string of the molecule is COC(=O)Cc1ccc2c(c1)N(C)c1cc(Cl)ccc1CC2. The summed E-state index contributed by atoms with van der Waals surface area (Å²) in [5.41, 5.74) is 5.79. The minimum absolute atomic E-state index is 0.223. The number of nitrogens with zero attached hydrogens (tertiary/aromatic N) is 1. The van der Waals surface area contributed by atoms with Crippen LogP contribution in [0.1, 0.15) is 16.7 Å². The zero-order valence-electron chi connectivity index (χ0n) is 12.7. The molecule has 1 aliphatic rings. The van der Waals surface area contributed by atoms with Crippen LogP contribution in [-0.4, -0.2) is 20.1 Å². The first-order chi connectivity index (χ1) is 10.6. The summed E-state index contributed by atoms with van der Waals surface area (Å²) in [5.74, 6) is -0.223. The zero-order chi connectivity index (χ0) is 15.7. The van der Waals surface area contributed by atoms with Gasteiger partial charge in [-0.2, -0.15) is 0 Å². The predicted octanol–water partition coefficient (Wildman–Crippen LogP) is 3.92. The molecule has 0 unspecified atom stereocenters. The van der Waals surface area contributed by atoms with Gasteiger partial charge in [0.25, 0.3) is 0 Å². The van der Waals surface area contributed by atoms with Gasteiger partial charge in [-0.1, -0.05) is 29.8 Å². The van der Waals surface area contributed by atoms with E-state index in [2.05, 4.69) is 23.1 Å². The molecule has 0 radical (unpaired) electrons. The lowest BCUT2D eigenvalue weighted by molar-refractivity contribution is -0.139. The van der Waals surface area contributed by atoms with Crippen molar-refractivity contribution in [3.8, 4) is 0 Å². The number of halogens is 1. The molecule has 1 aliphatic heterocycles. The van der Waals surface area contributed by atoms with Crippen LogP contribution in [0.15, 0.2) is 36.4 Å². The molecule has 0 atom stereocenters. The summed E-state index contributed by atoms with van der Waals surface area (Å²) in [6.07, 6.45) is 2.26. The van der Waals surface area contributed by atoms with E-state index in [0.717, 1.165) is 34.8 Å². The van der Waals surface area contributed by atoms with Gasteiger partial charge in [0.05, 0.1) is 13.5 Å². The molecule has 1 heterocycles. The molecule has 0 fully saturated rings. The van der Waals surface area contributed by atoms with Crippen molar-refractivity contribution in [1.82, 2.24) is 0 Å². The van der Waals surface area contributed by atoms with E-state index in [9.17, 15) is 4.79 Å². The van der Waals surface area contributed by atoms with Crippen molar-refractivity contribution in [3.05, 3.63) is 58.1 Å². The van der Waals surface area contributed by atoms with Crippen LogP contribution in [0, 0.1) is 0 Å². The van der Waals surface area contributed by atoms with Gasteiger partial charge in [-0.05, 0) is 47.7 Å². The smallest absolute Gasteiger partial charge is 0.309 e. The average Bonchev–Trinajstić information content (AvgIpc) is 2.65. The van der Waals surface area contributed by atoms with Crippen LogP contribution in [0.3, 0.4) is 0 Å². The lowest BCUT2D eigenvalue weighted by Gasteiger charge is -2.22. The van der Waals surface area contributed by atoms with Crippen LogP contribution in [0.5, 0.6) is 0 Å². The third-order valence-electron chi connectivity index (χ3n) is 4.16.